The molecule has 17 heavy (non-hydrogen) atoms. The van der Waals surface area contributed by atoms with Crippen molar-refractivity contribution in [2.24, 2.45) is 0 Å². The Kier molecular flexibility index (Phi) is 3.25. The zero-order valence-corrected chi connectivity index (χ0v) is 8.87. The third-order valence-corrected chi connectivity index (χ3v) is 2.08. The average Bonchev–Trinajstić information content (AvgIpc) is 2.38. The first-order chi connectivity index (χ1) is 8.27. The van der Waals surface area contributed by atoms with E-state index in [0.29, 0.717) is 6.54 Å². The van der Waals surface area contributed by atoms with Crippen LogP contribution in [0.3, 0.4) is 0 Å². The molecular weight excluding hydrogens is 220 g/mol. The van der Waals surface area contributed by atoms with Crippen LogP contribution in [0.15, 0.2) is 36.9 Å². The Morgan fingerprint density at radius 2 is 2.12 bits per heavy atom. The molecule has 0 unspecified atom stereocenters. The van der Waals surface area contributed by atoms with Crippen molar-refractivity contribution in [1.82, 2.24) is 15.0 Å². The molecule has 0 saturated heterocycles. The predicted octanol–water partition coefficient (Wildman–Crippen LogP) is 1.18. The molecule has 0 spiro atoms. The maximum atomic E-state index is 10.9. The molecule has 0 aromatic carbocycles. The lowest BCUT2D eigenvalue weighted by Gasteiger charge is -2.06. The lowest BCUT2D eigenvalue weighted by Crippen LogP contribution is -2.10. The van der Waals surface area contributed by atoms with Crippen LogP contribution in [-0.2, 0) is 6.54 Å². The van der Waals surface area contributed by atoms with Gasteiger partial charge in [0.05, 0.1) is 0 Å². The van der Waals surface area contributed by atoms with Crippen molar-refractivity contribution in [2.45, 2.75) is 6.54 Å². The van der Waals surface area contributed by atoms with Gasteiger partial charge in [-0.2, -0.15) is 0 Å². The van der Waals surface area contributed by atoms with Crippen LogP contribution < -0.4 is 5.32 Å². The summed E-state index contributed by atoms with van der Waals surface area (Å²) >= 11 is 0. The van der Waals surface area contributed by atoms with E-state index in [4.69, 9.17) is 5.11 Å². The molecule has 0 aliphatic carbocycles. The molecule has 6 nitrogen and oxygen atoms in total. The number of carboxylic acids is 1. The van der Waals surface area contributed by atoms with E-state index in [1.54, 1.807) is 12.4 Å². The molecule has 2 rings (SSSR count). The number of carbonyl (C=O) groups is 1. The van der Waals surface area contributed by atoms with Gasteiger partial charge in [0.15, 0.2) is 11.5 Å². The number of hydrogen-bond acceptors (Lipinski definition) is 5. The number of anilines is 1. The molecule has 2 heterocycles. The van der Waals surface area contributed by atoms with Crippen molar-refractivity contribution in [3.05, 3.63) is 48.2 Å². The SMILES string of the molecule is O=C(O)c1nccnc1NCc1cccnc1. The molecule has 0 bridgehead atoms. The van der Waals surface area contributed by atoms with Gasteiger partial charge in [-0.3, -0.25) is 4.98 Å². The second kappa shape index (κ2) is 5.02. The number of aromatic carboxylic acids is 1. The summed E-state index contributed by atoms with van der Waals surface area (Å²) in [5.74, 6) is -0.851. The number of nitrogens with one attached hydrogen (secondary N) is 1. The Labute approximate surface area is 97.4 Å². The summed E-state index contributed by atoms with van der Waals surface area (Å²) in [5, 5.41) is 11.8. The van der Waals surface area contributed by atoms with E-state index in [2.05, 4.69) is 20.3 Å². The van der Waals surface area contributed by atoms with E-state index < -0.39 is 5.97 Å². The Morgan fingerprint density at radius 3 is 2.82 bits per heavy atom. The molecule has 0 amide bonds. The van der Waals surface area contributed by atoms with Crippen LogP contribution in [0, 0.1) is 0 Å². The van der Waals surface area contributed by atoms with Gasteiger partial charge in [-0.25, -0.2) is 14.8 Å². The van der Waals surface area contributed by atoms with Gasteiger partial charge in [0.2, 0.25) is 0 Å². The number of pyridine rings is 1. The van der Waals surface area contributed by atoms with Gasteiger partial charge in [-0.1, -0.05) is 6.07 Å². The van der Waals surface area contributed by atoms with Crippen LogP contribution >= 0.6 is 0 Å². The van der Waals surface area contributed by atoms with Gasteiger partial charge in [-0.15, -0.1) is 0 Å². The zero-order chi connectivity index (χ0) is 12.1. The van der Waals surface area contributed by atoms with Crippen LogP contribution in [0.1, 0.15) is 16.1 Å². The standard InChI is InChI=1S/C11H10N4O2/c16-11(17)9-10(14-5-4-13-9)15-7-8-2-1-3-12-6-8/h1-6H,7H2,(H,14,15)(H,16,17). The second-order valence-electron chi connectivity index (χ2n) is 3.27. The van der Waals surface area contributed by atoms with E-state index >= 15 is 0 Å². The molecule has 86 valence electrons. The van der Waals surface area contributed by atoms with Gasteiger partial charge in [0, 0.05) is 31.3 Å². The minimum atomic E-state index is -1.10. The highest BCUT2D eigenvalue weighted by Crippen LogP contribution is 2.09. The van der Waals surface area contributed by atoms with Crippen LogP contribution in [0.5, 0.6) is 0 Å². The van der Waals surface area contributed by atoms with Crippen molar-refractivity contribution in [3.63, 3.8) is 0 Å². The first kappa shape index (κ1) is 11.0. The van der Waals surface area contributed by atoms with E-state index in [1.807, 2.05) is 12.1 Å². The summed E-state index contributed by atoms with van der Waals surface area (Å²) in [5.41, 5.74) is 0.853. The van der Waals surface area contributed by atoms with Crippen LogP contribution in [-0.4, -0.2) is 26.0 Å². The van der Waals surface area contributed by atoms with E-state index in [1.165, 1.54) is 12.4 Å². The molecule has 0 radical (unpaired) electrons. The maximum Gasteiger partial charge on any atom is 0.358 e. The van der Waals surface area contributed by atoms with Crippen LogP contribution in [0.2, 0.25) is 0 Å². The molecule has 2 N–H and O–H groups in total. The molecular formula is C11H10N4O2. The van der Waals surface area contributed by atoms with Crippen molar-refractivity contribution >= 4 is 11.8 Å². The number of hydrogen-bond donors (Lipinski definition) is 2. The van der Waals surface area contributed by atoms with Gasteiger partial charge in [-0.05, 0) is 11.6 Å². The van der Waals surface area contributed by atoms with Crippen LogP contribution in [0.25, 0.3) is 0 Å². The van der Waals surface area contributed by atoms with Crippen molar-refractivity contribution in [2.75, 3.05) is 5.32 Å². The molecule has 0 aliphatic rings. The van der Waals surface area contributed by atoms with Crippen molar-refractivity contribution in [1.29, 1.82) is 0 Å². The first-order valence-corrected chi connectivity index (χ1v) is 4.94. The third kappa shape index (κ3) is 2.75. The number of carboxylic acid groups (broad SMARTS) is 1. The summed E-state index contributed by atoms with van der Waals surface area (Å²) in [6.45, 7) is 0.451. The predicted molar refractivity (Wildman–Crippen MR) is 60.6 cm³/mol. The fourth-order valence-corrected chi connectivity index (χ4v) is 1.31. The lowest BCUT2D eigenvalue weighted by atomic mass is 10.3. The molecule has 2 aromatic rings. The molecule has 0 aliphatic heterocycles. The fraction of sp³-hybridized carbons (Fsp3) is 0.0909. The largest absolute Gasteiger partial charge is 0.476 e. The topological polar surface area (TPSA) is 88.0 Å². The summed E-state index contributed by atoms with van der Waals surface area (Å²) in [6, 6.07) is 3.70. The average molecular weight is 230 g/mol. The molecule has 2 aromatic heterocycles. The minimum absolute atomic E-state index is 0.0867. The van der Waals surface area contributed by atoms with E-state index in [9.17, 15) is 4.79 Å². The summed E-state index contributed by atoms with van der Waals surface area (Å²) in [6.07, 6.45) is 6.16. The summed E-state index contributed by atoms with van der Waals surface area (Å²) in [7, 11) is 0. The minimum Gasteiger partial charge on any atom is -0.476 e. The number of rotatable bonds is 4. The van der Waals surface area contributed by atoms with Crippen molar-refractivity contribution < 1.29 is 9.90 Å². The van der Waals surface area contributed by atoms with Gasteiger partial charge < -0.3 is 10.4 Å². The second-order valence-corrected chi connectivity index (χ2v) is 3.27. The molecule has 0 fully saturated rings. The highest BCUT2D eigenvalue weighted by atomic mass is 16.4. The molecule has 0 atom stereocenters. The Morgan fingerprint density at radius 1 is 1.29 bits per heavy atom. The fourth-order valence-electron chi connectivity index (χ4n) is 1.31. The Bertz CT molecular complexity index is 516. The third-order valence-electron chi connectivity index (χ3n) is 2.08. The first-order valence-electron chi connectivity index (χ1n) is 4.94. The lowest BCUT2D eigenvalue weighted by molar-refractivity contribution is 0.0691. The van der Waals surface area contributed by atoms with Gasteiger partial charge in [0.1, 0.15) is 0 Å². The molecule has 6 heteroatoms. The van der Waals surface area contributed by atoms with Crippen molar-refractivity contribution in [3.8, 4) is 0 Å². The summed E-state index contributed by atoms with van der Waals surface area (Å²) < 4.78 is 0. The summed E-state index contributed by atoms with van der Waals surface area (Å²) in [4.78, 5) is 22.5. The molecule has 0 saturated carbocycles. The highest BCUT2D eigenvalue weighted by Gasteiger charge is 2.11. The Hall–Kier alpha value is -2.50. The van der Waals surface area contributed by atoms with Gasteiger partial charge in [0.25, 0.3) is 0 Å². The van der Waals surface area contributed by atoms with Crippen LogP contribution in [0.4, 0.5) is 5.82 Å². The number of nitrogens with zero attached hydrogens (tertiary/aromatic N) is 3. The zero-order valence-electron chi connectivity index (χ0n) is 8.87. The number of aromatic nitrogens is 3. The monoisotopic (exact) mass is 230 g/mol. The normalized spacial score (nSPS) is 9.88. The maximum absolute atomic E-state index is 10.9. The van der Waals surface area contributed by atoms with E-state index in [0.717, 1.165) is 5.56 Å². The quantitative estimate of drug-likeness (QED) is 0.820. The smallest absolute Gasteiger partial charge is 0.358 e. The highest BCUT2D eigenvalue weighted by molar-refractivity contribution is 5.90. The van der Waals surface area contributed by atoms with Gasteiger partial charge >= 0.3 is 5.97 Å². The Balaban J connectivity index is 2.12. The van der Waals surface area contributed by atoms with E-state index in [-0.39, 0.29) is 11.5 Å².